The number of rotatable bonds is 6. The minimum Gasteiger partial charge on any atom is -0.293 e. The number of benzene rings is 1. The van der Waals surface area contributed by atoms with Gasteiger partial charge >= 0.3 is 0 Å². The lowest BCUT2D eigenvalue weighted by molar-refractivity contribution is 0.225. The molecule has 0 aliphatic heterocycles. The monoisotopic (exact) mass is 373 g/mol. The highest BCUT2D eigenvalue weighted by molar-refractivity contribution is 6.30. The van der Waals surface area contributed by atoms with Crippen molar-refractivity contribution < 1.29 is 4.39 Å². The van der Waals surface area contributed by atoms with Gasteiger partial charge in [-0.15, -0.1) is 0 Å². The molecule has 136 valence electrons. The van der Waals surface area contributed by atoms with Crippen molar-refractivity contribution in [3.8, 4) is 0 Å². The van der Waals surface area contributed by atoms with E-state index in [1.54, 1.807) is 36.5 Å². The first-order valence-corrected chi connectivity index (χ1v) is 8.93. The van der Waals surface area contributed by atoms with Crippen LogP contribution in [0.3, 0.4) is 0 Å². The Morgan fingerprint density at radius 1 is 1.15 bits per heavy atom. The van der Waals surface area contributed by atoms with Crippen molar-refractivity contribution in [2.75, 3.05) is 6.54 Å². The average molecular weight is 374 g/mol. The van der Waals surface area contributed by atoms with Gasteiger partial charge in [-0.2, -0.15) is 0 Å². The molecule has 0 aliphatic carbocycles. The zero-order valence-corrected chi connectivity index (χ0v) is 15.6. The Bertz CT molecular complexity index is 953. The maximum Gasteiger partial charge on any atom is 0.258 e. The topological polar surface area (TPSA) is 37.6 Å². The highest BCUT2D eigenvalue weighted by Gasteiger charge is 2.12. The van der Waals surface area contributed by atoms with E-state index < -0.39 is 0 Å². The lowest BCUT2D eigenvalue weighted by atomic mass is 10.1. The summed E-state index contributed by atoms with van der Waals surface area (Å²) in [4.78, 5) is 19.2. The van der Waals surface area contributed by atoms with E-state index in [4.69, 9.17) is 11.6 Å². The molecule has 3 aromatic rings. The zero-order valence-electron chi connectivity index (χ0n) is 14.8. The van der Waals surface area contributed by atoms with Crippen molar-refractivity contribution in [1.82, 2.24) is 14.3 Å². The van der Waals surface area contributed by atoms with Gasteiger partial charge in [0.15, 0.2) is 0 Å². The summed E-state index contributed by atoms with van der Waals surface area (Å²) in [6, 6.07) is 11.5. The average Bonchev–Trinajstić information content (AvgIpc) is 2.57. The second kappa shape index (κ2) is 7.98. The van der Waals surface area contributed by atoms with Gasteiger partial charge in [-0.25, -0.2) is 9.37 Å². The summed E-state index contributed by atoms with van der Waals surface area (Å²) in [6.45, 7) is 6.34. The van der Waals surface area contributed by atoms with Crippen LogP contribution < -0.4 is 5.56 Å². The summed E-state index contributed by atoms with van der Waals surface area (Å²) in [6.07, 6.45) is 1.57. The molecule has 1 aromatic carbocycles. The third-order valence-corrected chi connectivity index (χ3v) is 4.23. The zero-order chi connectivity index (χ0) is 18.7. The van der Waals surface area contributed by atoms with Gasteiger partial charge in [-0.1, -0.05) is 37.6 Å². The standard InChI is InChI=1S/C20H21ClFN3O/c1-14(2)10-24(11-15-3-6-17(22)7-4-15)13-18-9-20(26)25-12-16(21)5-8-19(25)23-18/h3-9,12,14H,10-11,13H2,1-2H3. The van der Waals surface area contributed by atoms with Gasteiger partial charge in [0, 0.05) is 31.9 Å². The van der Waals surface area contributed by atoms with Crippen LogP contribution in [0.4, 0.5) is 4.39 Å². The number of fused-ring (bicyclic) bond motifs is 1. The van der Waals surface area contributed by atoms with Crippen molar-refractivity contribution in [3.05, 3.63) is 81.1 Å². The van der Waals surface area contributed by atoms with Crippen LogP contribution in [0.15, 0.2) is 53.5 Å². The van der Waals surface area contributed by atoms with E-state index >= 15 is 0 Å². The molecular weight excluding hydrogens is 353 g/mol. The molecule has 3 rings (SSSR count). The van der Waals surface area contributed by atoms with Gasteiger partial charge in [-0.05, 0) is 35.7 Å². The quantitative estimate of drug-likeness (QED) is 0.651. The summed E-state index contributed by atoms with van der Waals surface area (Å²) in [5.41, 5.74) is 2.15. The molecule has 26 heavy (non-hydrogen) atoms. The molecule has 0 spiro atoms. The molecule has 0 fully saturated rings. The maximum atomic E-state index is 13.1. The Morgan fingerprint density at radius 2 is 1.88 bits per heavy atom. The Hall–Kier alpha value is -2.24. The van der Waals surface area contributed by atoms with Crippen LogP contribution in [0, 0.1) is 11.7 Å². The van der Waals surface area contributed by atoms with E-state index in [1.807, 2.05) is 0 Å². The van der Waals surface area contributed by atoms with Crippen molar-refractivity contribution in [3.63, 3.8) is 0 Å². The normalized spacial score (nSPS) is 11.6. The van der Waals surface area contributed by atoms with E-state index in [1.165, 1.54) is 16.5 Å². The first-order valence-electron chi connectivity index (χ1n) is 8.55. The fraction of sp³-hybridized carbons (Fsp3) is 0.300. The molecule has 0 amide bonds. The molecule has 6 heteroatoms. The van der Waals surface area contributed by atoms with Gasteiger partial charge in [0.2, 0.25) is 0 Å². The Kier molecular flexibility index (Phi) is 5.69. The summed E-state index contributed by atoms with van der Waals surface area (Å²) in [5.74, 6) is 0.211. The lowest BCUT2D eigenvalue weighted by Crippen LogP contribution is -2.28. The number of nitrogens with zero attached hydrogens (tertiary/aromatic N) is 3. The van der Waals surface area contributed by atoms with Gasteiger partial charge in [0.1, 0.15) is 11.5 Å². The molecule has 0 radical (unpaired) electrons. The summed E-state index contributed by atoms with van der Waals surface area (Å²) in [7, 11) is 0. The van der Waals surface area contributed by atoms with Crippen LogP contribution in [-0.4, -0.2) is 20.8 Å². The van der Waals surface area contributed by atoms with Crippen molar-refractivity contribution in [1.29, 1.82) is 0 Å². The first kappa shape index (κ1) is 18.5. The van der Waals surface area contributed by atoms with Crippen LogP contribution in [-0.2, 0) is 13.1 Å². The summed E-state index contributed by atoms with van der Waals surface area (Å²) < 4.78 is 14.6. The molecule has 0 saturated carbocycles. The molecule has 2 heterocycles. The predicted molar refractivity (Wildman–Crippen MR) is 102 cm³/mol. The van der Waals surface area contributed by atoms with Crippen LogP contribution in [0.25, 0.3) is 5.65 Å². The number of aromatic nitrogens is 2. The van der Waals surface area contributed by atoms with Gasteiger partial charge in [0.25, 0.3) is 5.56 Å². The SMILES string of the molecule is CC(C)CN(Cc1ccc(F)cc1)Cc1cc(=O)n2cc(Cl)ccc2n1. The predicted octanol–water partition coefficient (Wildman–Crippen LogP) is 4.15. The molecule has 0 unspecified atom stereocenters. The fourth-order valence-electron chi connectivity index (χ4n) is 2.99. The van der Waals surface area contributed by atoms with E-state index in [0.717, 1.165) is 12.1 Å². The van der Waals surface area contributed by atoms with Crippen molar-refractivity contribution >= 4 is 17.2 Å². The molecular formula is C20H21ClFN3O. The minimum atomic E-state index is -0.243. The Labute approximate surface area is 156 Å². The van der Waals surface area contributed by atoms with Crippen molar-refractivity contribution in [2.24, 2.45) is 5.92 Å². The van der Waals surface area contributed by atoms with E-state index in [9.17, 15) is 9.18 Å². The molecule has 0 bridgehead atoms. The first-order chi connectivity index (χ1) is 12.4. The lowest BCUT2D eigenvalue weighted by Gasteiger charge is -2.24. The fourth-order valence-corrected chi connectivity index (χ4v) is 3.15. The largest absolute Gasteiger partial charge is 0.293 e. The van der Waals surface area contributed by atoms with E-state index in [-0.39, 0.29) is 11.4 Å². The summed E-state index contributed by atoms with van der Waals surface area (Å²) >= 11 is 5.95. The maximum absolute atomic E-state index is 13.1. The smallest absolute Gasteiger partial charge is 0.258 e. The number of halogens is 2. The number of hydrogen-bond donors (Lipinski definition) is 0. The number of pyridine rings is 1. The van der Waals surface area contributed by atoms with Gasteiger partial charge in [0.05, 0.1) is 10.7 Å². The highest BCUT2D eigenvalue weighted by Crippen LogP contribution is 2.13. The van der Waals surface area contributed by atoms with E-state index in [2.05, 4.69) is 23.7 Å². The third kappa shape index (κ3) is 4.68. The third-order valence-electron chi connectivity index (χ3n) is 4.00. The molecule has 0 aliphatic rings. The van der Waals surface area contributed by atoms with Crippen LogP contribution in [0.2, 0.25) is 5.02 Å². The Morgan fingerprint density at radius 3 is 2.58 bits per heavy atom. The van der Waals surface area contributed by atoms with Crippen molar-refractivity contribution in [2.45, 2.75) is 26.9 Å². The van der Waals surface area contributed by atoms with Crippen LogP contribution >= 0.6 is 11.6 Å². The van der Waals surface area contributed by atoms with Gasteiger partial charge < -0.3 is 0 Å². The second-order valence-electron chi connectivity index (χ2n) is 6.85. The van der Waals surface area contributed by atoms with Gasteiger partial charge in [-0.3, -0.25) is 14.1 Å². The minimum absolute atomic E-state index is 0.154. The summed E-state index contributed by atoms with van der Waals surface area (Å²) in [5, 5.41) is 0.492. The number of hydrogen-bond acceptors (Lipinski definition) is 3. The highest BCUT2D eigenvalue weighted by atomic mass is 35.5. The molecule has 0 saturated heterocycles. The molecule has 0 atom stereocenters. The van der Waals surface area contributed by atoms with Crippen LogP contribution in [0.1, 0.15) is 25.1 Å². The van der Waals surface area contributed by atoms with Crippen LogP contribution in [0.5, 0.6) is 0 Å². The molecule has 0 N–H and O–H groups in total. The molecule has 2 aromatic heterocycles. The van der Waals surface area contributed by atoms with E-state index in [0.29, 0.717) is 35.4 Å². The Balaban J connectivity index is 1.86. The second-order valence-corrected chi connectivity index (χ2v) is 7.29. The molecule has 4 nitrogen and oxygen atoms in total.